The van der Waals surface area contributed by atoms with Crippen LogP contribution < -0.4 is 0 Å². The summed E-state index contributed by atoms with van der Waals surface area (Å²) >= 11 is 1.70. The molecule has 70 valence electrons. The van der Waals surface area contributed by atoms with Gasteiger partial charge in [0, 0.05) is 18.1 Å². The number of hydrogen-bond acceptors (Lipinski definition) is 2. The average molecular weight is 203 g/mol. The van der Waals surface area contributed by atoms with Gasteiger partial charge in [-0.25, -0.2) is 0 Å². The minimum absolute atomic E-state index is 0.214. The first-order valence-corrected chi connectivity index (χ1v) is 5.57. The fourth-order valence-electron chi connectivity index (χ4n) is 1.89. The standard InChI is InChI=1S/C11H9NOS/c13-10-9-2-1-5-12(9)6-3-11(10)4-7-14-8-11/h1-7H,8H2. The molecule has 0 saturated heterocycles. The van der Waals surface area contributed by atoms with E-state index in [9.17, 15) is 4.79 Å². The van der Waals surface area contributed by atoms with Gasteiger partial charge in [-0.3, -0.25) is 4.79 Å². The molecule has 1 unspecified atom stereocenters. The normalized spacial score (nSPS) is 28.7. The largest absolute Gasteiger partial charge is 0.321 e. The number of nitrogens with zero attached hydrogens (tertiary/aromatic N) is 1. The second-order valence-electron chi connectivity index (χ2n) is 3.60. The molecule has 2 aliphatic heterocycles. The molecule has 0 aromatic carbocycles. The van der Waals surface area contributed by atoms with E-state index >= 15 is 0 Å². The van der Waals surface area contributed by atoms with Crippen molar-refractivity contribution in [3.63, 3.8) is 0 Å². The summed E-state index contributed by atoms with van der Waals surface area (Å²) in [5.74, 6) is 1.05. The summed E-state index contributed by atoms with van der Waals surface area (Å²) in [6, 6.07) is 3.78. The third kappa shape index (κ3) is 0.904. The third-order valence-corrected chi connectivity index (χ3v) is 3.72. The molecule has 1 aromatic heterocycles. The van der Waals surface area contributed by atoms with Crippen LogP contribution in [0.4, 0.5) is 0 Å². The van der Waals surface area contributed by atoms with Gasteiger partial charge in [0.2, 0.25) is 0 Å². The van der Waals surface area contributed by atoms with Crippen molar-refractivity contribution in [3.8, 4) is 0 Å². The predicted octanol–water partition coefficient (Wildman–Crippen LogP) is 2.40. The molecule has 0 amide bonds. The van der Waals surface area contributed by atoms with Crippen LogP contribution in [0.5, 0.6) is 0 Å². The highest BCUT2D eigenvalue weighted by Gasteiger charge is 2.39. The maximum absolute atomic E-state index is 12.2. The molecule has 0 radical (unpaired) electrons. The zero-order valence-electron chi connectivity index (χ0n) is 7.51. The molecular weight excluding hydrogens is 194 g/mol. The monoisotopic (exact) mass is 203 g/mol. The van der Waals surface area contributed by atoms with E-state index in [0.29, 0.717) is 0 Å². The summed E-state index contributed by atoms with van der Waals surface area (Å²) in [5.41, 5.74) is 0.429. The number of allylic oxidation sites excluding steroid dienone is 2. The first-order chi connectivity index (χ1) is 6.82. The minimum Gasteiger partial charge on any atom is -0.321 e. The number of Topliss-reactive ketones (excluding diaryl/α,β-unsaturated/α-hetero) is 1. The molecule has 3 heterocycles. The van der Waals surface area contributed by atoms with Crippen LogP contribution in [0, 0.1) is 5.41 Å². The molecule has 1 aromatic rings. The van der Waals surface area contributed by atoms with Crippen molar-refractivity contribution in [1.82, 2.24) is 4.57 Å². The van der Waals surface area contributed by atoms with Crippen LogP contribution in [-0.4, -0.2) is 16.1 Å². The summed E-state index contributed by atoms with van der Waals surface area (Å²) in [6.07, 6.45) is 7.89. The molecule has 0 aliphatic carbocycles. The van der Waals surface area contributed by atoms with Crippen LogP contribution in [0.25, 0.3) is 6.20 Å². The van der Waals surface area contributed by atoms with E-state index in [2.05, 4.69) is 0 Å². The second-order valence-corrected chi connectivity index (χ2v) is 4.49. The Morgan fingerprint density at radius 2 is 2.36 bits per heavy atom. The molecule has 3 heteroatoms. The van der Waals surface area contributed by atoms with E-state index in [-0.39, 0.29) is 11.2 Å². The first-order valence-electron chi connectivity index (χ1n) is 4.52. The van der Waals surface area contributed by atoms with E-state index in [4.69, 9.17) is 0 Å². The predicted molar refractivity (Wildman–Crippen MR) is 58.1 cm³/mol. The topological polar surface area (TPSA) is 22.0 Å². The van der Waals surface area contributed by atoms with Crippen LogP contribution in [0.3, 0.4) is 0 Å². The highest BCUT2D eigenvalue weighted by atomic mass is 32.2. The Hall–Kier alpha value is -1.22. The summed E-state index contributed by atoms with van der Waals surface area (Å²) in [6.45, 7) is 0. The minimum atomic E-state index is -0.362. The Bertz CT molecular complexity index is 458. The van der Waals surface area contributed by atoms with Gasteiger partial charge in [0.1, 0.15) is 0 Å². The maximum Gasteiger partial charge on any atom is 0.194 e. The fraction of sp³-hybridized carbons (Fsp3) is 0.182. The third-order valence-electron chi connectivity index (χ3n) is 2.75. The Morgan fingerprint density at radius 3 is 3.14 bits per heavy atom. The number of thioether (sulfide) groups is 1. The summed E-state index contributed by atoms with van der Waals surface area (Å²) < 4.78 is 1.88. The van der Waals surface area contributed by atoms with Crippen molar-refractivity contribution < 1.29 is 4.79 Å². The van der Waals surface area contributed by atoms with Gasteiger partial charge < -0.3 is 4.57 Å². The van der Waals surface area contributed by atoms with E-state index in [1.165, 1.54) is 0 Å². The highest BCUT2D eigenvalue weighted by Crippen LogP contribution is 2.39. The first kappa shape index (κ1) is 8.12. The molecular formula is C11H9NOS. The molecule has 3 rings (SSSR count). The molecule has 0 fully saturated rings. The van der Waals surface area contributed by atoms with Gasteiger partial charge in [0.15, 0.2) is 5.78 Å². The van der Waals surface area contributed by atoms with E-state index < -0.39 is 0 Å². The van der Waals surface area contributed by atoms with Gasteiger partial charge in [0.05, 0.1) is 11.1 Å². The van der Waals surface area contributed by atoms with E-state index in [0.717, 1.165) is 11.4 Å². The van der Waals surface area contributed by atoms with Crippen molar-refractivity contribution in [2.75, 3.05) is 5.75 Å². The van der Waals surface area contributed by atoms with Crippen LogP contribution >= 0.6 is 11.8 Å². The average Bonchev–Trinajstić information content (AvgIpc) is 2.83. The zero-order valence-corrected chi connectivity index (χ0v) is 8.33. The van der Waals surface area contributed by atoms with Gasteiger partial charge in [-0.2, -0.15) is 0 Å². The number of aromatic nitrogens is 1. The van der Waals surface area contributed by atoms with Crippen molar-refractivity contribution in [1.29, 1.82) is 0 Å². The number of ketones is 1. The van der Waals surface area contributed by atoms with Crippen LogP contribution in [0.15, 0.2) is 35.9 Å². The van der Waals surface area contributed by atoms with Crippen molar-refractivity contribution in [3.05, 3.63) is 41.6 Å². The summed E-state index contributed by atoms with van der Waals surface area (Å²) in [7, 11) is 0. The Balaban J connectivity index is 2.16. The van der Waals surface area contributed by atoms with E-state index in [1.54, 1.807) is 11.8 Å². The van der Waals surface area contributed by atoms with Crippen LogP contribution in [0.2, 0.25) is 0 Å². The molecule has 0 N–H and O–H groups in total. The van der Waals surface area contributed by atoms with Crippen LogP contribution in [-0.2, 0) is 0 Å². The number of carbonyl (C=O) groups is 1. The molecule has 2 aliphatic rings. The highest BCUT2D eigenvalue weighted by molar-refractivity contribution is 8.02. The number of carbonyl (C=O) groups excluding carboxylic acids is 1. The lowest BCUT2D eigenvalue weighted by Gasteiger charge is -2.25. The van der Waals surface area contributed by atoms with Crippen molar-refractivity contribution in [2.24, 2.45) is 5.41 Å². The smallest absolute Gasteiger partial charge is 0.194 e. The number of hydrogen-bond donors (Lipinski definition) is 0. The SMILES string of the molecule is O=C1c2cccn2C=CC12C=CSC2. The maximum atomic E-state index is 12.2. The zero-order chi connectivity index (χ0) is 9.60. The Morgan fingerprint density at radius 1 is 1.43 bits per heavy atom. The van der Waals surface area contributed by atoms with Gasteiger partial charge >= 0.3 is 0 Å². The van der Waals surface area contributed by atoms with Crippen molar-refractivity contribution in [2.45, 2.75) is 0 Å². The number of rotatable bonds is 0. The van der Waals surface area contributed by atoms with Gasteiger partial charge in [-0.1, -0.05) is 6.08 Å². The van der Waals surface area contributed by atoms with Gasteiger partial charge in [0.25, 0.3) is 0 Å². The second kappa shape index (κ2) is 2.64. The summed E-state index contributed by atoms with van der Waals surface area (Å²) in [4.78, 5) is 12.2. The lowest BCUT2D eigenvalue weighted by atomic mass is 9.82. The van der Waals surface area contributed by atoms with E-state index in [1.807, 2.05) is 46.7 Å². The molecule has 0 bridgehead atoms. The molecule has 2 nitrogen and oxygen atoms in total. The summed E-state index contributed by atoms with van der Waals surface area (Å²) in [5, 5.41) is 2.01. The number of fused-ring (bicyclic) bond motifs is 1. The van der Waals surface area contributed by atoms with Crippen LogP contribution in [0.1, 0.15) is 10.5 Å². The lowest BCUT2D eigenvalue weighted by Crippen LogP contribution is -2.31. The Kier molecular flexibility index (Phi) is 1.53. The van der Waals surface area contributed by atoms with Gasteiger partial charge in [-0.15, -0.1) is 11.8 Å². The van der Waals surface area contributed by atoms with Gasteiger partial charge in [-0.05, 0) is 23.6 Å². The fourth-order valence-corrected chi connectivity index (χ4v) is 2.93. The Labute approximate surface area is 86.3 Å². The molecule has 0 saturated carbocycles. The molecule has 1 spiro atoms. The molecule has 1 atom stereocenters. The quantitative estimate of drug-likeness (QED) is 0.646. The van der Waals surface area contributed by atoms with Crippen molar-refractivity contribution >= 4 is 23.7 Å². The lowest BCUT2D eigenvalue weighted by molar-refractivity contribution is 0.0902. The molecule has 14 heavy (non-hydrogen) atoms.